The fraction of sp³-hybridized carbons (Fsp3) is 0.417. The van der Waals surface area contributed by atoms with Gasteiger partial charge in [0.2, 0.25) is 5.91 Å². The van der Waals surface area contributed by atoms with Crippen molar-refractivity contribution in [3.05, 3.63) is 53.6 Å². The first-order chi connectivity index (χ1) is 16.1. The van der Waals surface area contributed by atoms with Gasteiger partial charge in [0.05, 0.1) is 16.8 Å². The van der Waals surface area contributed by atoms with E-state index in [1.165, 1.54) is 31.5 Å². The van der Waals surface area contributed by atoms with Gasteiger partial charge in [0.1, 0.15) is 0 Å². The molecule has 0 bridgehead atoms. The summed E-state index contributed by atoms with van der Waals surface area (Å²) >= 11 is 1.48. The van der Waals surface area contributed by atoms with Gasteiger partial charge in [0.25, 0.3) is 5.91 Å². The molecule has 1 saturated heterocycles. The van der Waals surface area contributed by atoms with E-state index in [1.54, 1.807) is 12.1 Å². The maximum absolute atomic E-state index is 13.1. The number of nitrogens with zero attached hydrogens (tertiary/aromatic N) is 1. The highest BCUT2D eigenvalue weighted by atomic mass is 32.2. The highest BCUT2D eigenvalue weighted by molar-refractivity contribution is 8.01. The summed E-state index contributed by atoms with van der Waals surface area (Å²) in [5, 5.41) is 9.04. The third-order valence-corrected chi connectivity index (χ3v) is 7.87. The fourth-order valence-electron chi connectivity index (χ4n) is 4.72. The van der Waals surface area contributed by atoms with Crippen LogP contribution in [0.15, 0.2) is 41.3 Å². The van der Waals surface area contributed by atoms with Crippen molar-refractivity contribution in [1.29, 1.82) is 0 Å². The Morgan fingerprint density at radius 3 is 2.74 bits per heavy atom. The van der Waals surface area contributed by atoms with E-state index in [9.17, 15) is 22.8 Å². The van der Waals surface area contributed by atoms with Crippen LogP contribution in [0, 0.1) is 12.0 Å². The summed E-state index contributed by atoms with van der Waals surface area (Å²) in [6.07, 6.45) is -1.20. The number of nitrogens with one attached hydrogen (secondary N) is 3. The van der Waals surface area contributed by atoms with E-state index in [2.05, 4.69) is 26.9 Å². The number of rotatable bonds is 5. The second-order valence-corrected chi connectivity index (χ2v) is 10.3. The summed E-state index contributed by atoms with van der Waals surface area (Å²) in [4.78, 5) is 27.7. The van der Waals surface area contributed by atoms with Crippen LogP contribution >= 0.6 is 11.8 Å². The minimum atomic E-state index is -4.52. The molecular formula is C24H24F3N4O2S. The van der Waals surface area contributed by atoms with Crippen LogP contribution in [0.4, 0.5) is 24.5 Å². The molecule has 3 N–H and O–H groups in total. The molecule has 179 valence electrons. The zero-order valence-corrected chi connectivity index (χ0v) is 19.3. The van der Waals surface area contributed by atoms with Gasteiger partial charge in [-0.15, -0.1) is 0 Å². The predicted octanol–water partition coefficient (Wildman–Crippen LogP) is 4.55. The maximum atomic E-state index is 13.1. The summed E-state index contributed by atoms with van der Waals surface area (Å²) in [5.41, 5.74) is -0.0672. The zero-order chi connectivity index (χ0) is 24.1. The molecule has 2 heterocycles. The molecule has 0 aromatic heterocycles. The largest absolute Gasteiger partial charge is 0.416 e. The minimum absolute atomic E-state index is 0.0629. The minimum Gasteiger partial charge on any atom is -0.352 e. The topological polar surface area (TPSA) is 73.5 Å². The van der Waals surface area contributed by atoms with E-state index >= 15 is 0 Å². The average Bonchev–Trinajstić information content (AvgIpc) is 3.36. The van der Waals surface area contributed by atoms with Crippen LogP contribution in [0.3, 0.4) is 0 Å². The number of alkyl halides is 3. The summed E-state index contributed by atoms with van der Waals surface area (Å²) in [5.74, 6) is -0.602. The van der Waals surface area contributed by atoms with E-state index in [0.29, 0.717) is 17.3 Å². The van der Waals surface area contributed by atoms with Gasteiger partial charge in [-0.1, -0.05) is 23.9 Å². The number of thioether (sulfide) groups is 1. The summed E-state index contributed by atoms with van der Waals surface area (Å²) in [7, 11) is 0. The molecule has 2 unspecified atom stereocenters. The average molecular weight is 490 g/mol. The van der Waals surface area contributed by atoms with E-state index in [-0.39, 0.29) is 17.5 Å². The number of hydrogen-bond acceptors (Lipinski definition) is 5. The van der Waals surface area contributed by atoms with Crippen LogP contribution in [0.25, 0.3) is 0 Å². The molecular weight excluding hydrogens is 465 g/mol. The highest BCUT2D eigenvalue weighted by Gasteiger charge is 2.50. The monoisotopic (exact) mass is 489 g/mol. The molecule has 1 aliphatic carbocycles. The first kappa shape index (κ1) is 23.0. The summed E-state index contributed by atoms with van der Waals surface area (Å²) in [6, 6.07) is 11.4. The van der Waals surface area contributed by atoms with E-state index < -0.39 is 22.6 Å². The van der Waals surface area contributed by atoms with Crippen LogP contribution in [0.1, 0.15) is 42.1 Å². The third-order valence-electron chi connectivity index (χ3n) is 6.45. The second-order valence-electron chi connectivity index (χ2n) is 8.98. The number of hydrogen-bond donors (Lipinski definition) is 3. The molecule has 2 atom stereocenters. The van der Waals surface area contributed by atoms with Gasteiger partial charge in [-0.05, 0) is 50.1 Å². The fourth-order valence-corrected chi connectivity index (χ4v) is 6.18. The lowest BCUT2D eigenvalue weighted by molar-refractivity contribution is -0.137. The number of halogens is 3. The van der Waals surface area contributed by atoms with Crippen molar-refractivity contribution in [3.8, 4) is 0 Å². The van der Waals surface area contributed by atoms with E-state index in [0.717, 1.165) is 42.6 Å². The second kappa shape index (κ2) is 8.49. The summed E-state index contributed by atoms with van der Waals surface area (Å²) in [6.45, 7) is 3.28. The Balaban J connectivity index is 1.40. The smallest absolute Gasteiger partial charge is 0.352 e. The van der Waals surface area contributed by atoms with E-state index in [4.69, 9.17) is 0 Å². The summed E-state index contributed by atoms with van der Waals surface area (Å²) < 4.78 is 39.1. The Labute approximate surface area is 199 Å². The number of para-hydroxylation sites is 1. The lowest BCUT2D eigenvalue weighted by Gasteiger charge is -2.36. The highest BCUT2D eigenvalue weighted by Crippen LogP contribution is 2.51. The van der Waals surface area contributed by atoms with Crippen molar-refractivity contribution in [2.75, 3.05) is 23.7 Å². The quantitative estimate of drug-likeness (QED) is 0.575. The first-order valence-corrected chi connectivity index (χ1v) is 12.0. The Kier molecular flexibility index (Phi) is 5.76. The van der Waals surface area contributed by atoms with Gasteiger partial charge in [-0.25, -0.2) is 0 Å². The van der Waals surface area contributed by atoms with Crippen molar-refractivity contribution >= 4 is 35.0 Å². The normalized spacial score (nSPS) is 24.4. The Hall–Kier alpha value is -2.72. The third kappa shape index (κ3) is 4.48. The molecule has 2 fully saturated rings. The molecule has 3 aliphatic rings. The molecule has 5 rings (SSSR count). The standard InChI is InChI=1S/C24H24F3N4O2S/c1-14(32)29-24(16-10-11-31(13-16)18-8-9-18)30-21-19(6-3-7-20(21)34-24)22(33)28-17-5-2-4-15(12-17)23(25,26)27/h2-4,6-7,12,16,18,30H,8-11,13H2,1H3,(H,28,33)(H,29,32). The Morgan fingerprint density at radius 2 is 2.03 bits per heavy atom. The number of carbonyl (C=O) groups excluding carboxylic acids is 2. The van der Waals surface area contributed by atoms with Gasteiger partial charge >= 0.3 is 6.18 Å². The number of fused-ring (bicyclic) bond motifs is 1. The predicted molar refractivity (Wildman–Crippen MR) is 123 cm³/mol. The number of carbonyl (C=O) groups is 2. The lowest BCUT2D eigenvalue weighted by atomic mass is 10.0. The Bertz CT molecular complexity index is 1140. The molecule has 2 aliphatic heterocycles. The molecule has 2 amide bonds. The van der Waals surface area contributed by atoms with Crippen molar-refractivity contribution in [2.24, 2.45) is 5.92 Å². The zero-order valence-electron chi connectivity index (χ0n) is 18.5. The lowest BCUT2D eigenvalue weighted by Crippen LogP contribution is -2.55. The first-order valence-electron chi connectivity index (χ1n) is 11.2. The number of amides is 2. The van der Waals surface area contributed by atoms with Crippen LogP contribution in [0.2, 0.25) is 0 Å². The van der Waals surface area contributed by atoms with Crippen molar-refractivity contribution in [3.63, 3.8) is 0 Å². The molecule has 0 spiro atoms. The molecule has 34 heavy (non-hydrogen) atoms. The van der Waals surface area contributed by atoms with Crippen LogP contribution in [-0.2, 0) is 11.0 Å². The molecule has 10 heteroatoms. The van der Waals surface area contributed by atoms with Crippen molar-refractivity contribution < 1.29 is 22.8 Å². The number of likely N-dealkylation sites (tertiary alicyclic amines) is 1. The number of anilines is 2. The van der Waals surface area contributed by atoms with Crippen LogP contribution in [-0.4, -0.2) is 40.8 Å². The van der Waals surface area contributed by atoms with Gasteiger partial charge in [-0.2, -0.15) is 13.2 Å². The number of benzene rings is 2. The van der Waals surface area contributed by atoms with Crippen molar-refractivity contribution in [1.82, 2.24) is 10.2 Å². The molecule has 6 nitrogen and oxygen atoms in total. The molecule has 1 radical (unpaired) electrons. The van der Waals surface area contributed by atoms with Gasteiger partial charge < -0.3 is 16.0 Å². The van der Waals surface area contributed by atoms with E-state index in [1.807, 2.05) is 6.07 Å². The van der Waals surface area contributed by atoms with Gasteiger partial charge in [-0.3, -0.25) is 14.5 Å². The van der Waals surface area contributed by atoms with Gasteiger partial charge in [0.15, 0.2) is 4.99 Å². The van der Waals surface area contributed by atoms with Crippen molar-refractivity contribution in [2.45, 2.75) is 48.3 Å². The molecule has 2 aromatic rings. The molecule has 1 saturated carbocycles. The van der Waals surface area contributed by atoms with Crippen LogP contribution < -0.4 is 16.0 Å². The Morgan fingerprint density at radius 1 is 1.24 bits per heavy atom. The maximum Gasteiger partial charge on any atom is 0.416 e. The SMILES string of the molecule is CC(=O)NC1(C2CCN(C3CC3)C2)Nc2c(cccc2C(=O)Nc2[c]ccc(C(F)(F)F)c2)S1. The van der Waals surface area contributed by atoms with Gasteiger partial charge in [0, 0.05) is 42.1 Å². The molecule has 2 aromatic carbocycles. The van der Waals surface area contributed by atoms with Crippen LogP contribution in [0.5, 0.6) is 0 Å².